The van der Waals surface area contributed by atoms with Crippen LogP contribution in [0.25, 0.3) is 11.1 Å². The van der Waals surface area contributed by atoms with Gasteiger partial charge in [-0.15, -0.1) is 0 Å². The van der Waals surface area contributed by atoms with Crippen molar-refractivity contribution in [1.29, 1.82) is 0 Å². The lowest BCUT2D eigenvalue weighted by Gasteiger charge is -2.27. The number of amides is 10. The van der Waals surface area contributed by atoms with Gasteiger partial charge in [0.2, 0.25) is 53.2 Å². The minimum Gasteiger partial charge on any atom is -0.481 e. The molecular weight excluding hydrogens is 981 g/mol. The zero-order valence-corrected chi connectivity index (χ0v) is 43.9. The summed E-state index contributed by atoms with van der Waals surface area (Å²) in [7, 11) is 11.9. The summed E-state index contributed by atoms with van der Waals surface area (Å²) in [6, 6.07) is 14.0. The number of hydrogen-bond donors (Lipinski definition) is 2. The van der Waals surface area contributed by atoms with Crippen LogP contribution in [0.1, 0.15) is 29.9 Å². The Kier molecular flexibility index (Phi) is 23.4. The third kappa shape index (κ3) is 18.6. The van der Waals surface area contributed by atoms with Gasteiger partial charge in [-0.25, -0.2) is 9.59 Å². The van der Waals surface area contributed by atoms with E-state index in [1.54, 1.807) is 0 Å². The largest absolute Gasteiger partial charge is 0.481 e. The van der Waals surface area contributed by atoms with Crippen molar-refractivity contribution in [2.45, 2.75) is 24.8 Å². The minimum atomic E-state index is -1.49. The molecule has 0 radical (unpaired) electrons. The van der Waals surface area contributed by atoms with E-state index in [0.29, 0.717) is 0 Å². The van der Waals surface area contributed by atoms with E-state index in [2.05, 4.69) is 11.9 Å². The number of carboxylic acid groups (broad SMARTS) is 1. The van der Waals surface area contributed by atoms with Crippen molar-refractivity contribution in [2.75, 3.05) is 136 Å². The molecule has 2 aromatic rings. The molecule has 0 saturated heterocycles. The maximum atomic E-state index is 13.3. The van der Waals surface area contributed by atoms with Gasteiger partial charge in [-0.3, -0.25) is 47.9 Å². The van der Waals surface area contributed by atoms with Crippen LogP contribution < -0.4 is 5.32 Å². The number of benzene rings is 2. The maximum absolute atomic E-state index is 13.3. The molecular formula is C50H68N10O15. The highest BCUT2D eigenvalue weighted by molar-refractivity contribution is 5.94. The number of carbonyl (C=O) groups is 12. The average molecular weight is 1050 g/mol. The van der Waals surface area contributed by atoms with Crippen LogP contribution in [-0.4, -0.2) is 262 Å². The molecule has 2 aromatic carbocycles. The molecule has 2 N–H and O–H groups in total. The normalized spacial score (nSPS) is 11.5. The van der Waals surface area contributed by atoms with E-state index in [-0.39, 0.29) is 38.6 Å². The number of hydrogen-bond acceptors (Lipinski definition) is 14. The summed E-state index contributed by atoms with van der Waals surface area (Å²) in [6.45, 7) is -0.546. The van der Waals surface area contributed by atoms with Crippen molar-refractivity contribution in [1.82, 2.24) is 49.4 Å². The number of ether oxygens (including phenoxy) is 2. The highest BCUT2D eigenvalue weighted by atomic mass is 16.6. The fourth-order valence-electron chi connectivity index (χ4n) is 7.23. The predicted octanol–water partition coefficient (Wildman–Crippen LogP) is -1.39. The molecule has 1 atom stereocenters. The molecule has 1 aliphatic carbocycles. The van der Waals surface area contributed by atoms with Crippen molar-refractivity contribution in [3.8, 4) is 11.1 Å². The summed E-state index contributed by atoms with van der Waals surface area (Å²) in [4.78, 5) is 163. The third-order valence-electron chi connectivity index (χ3n) is 12.1. The van der Waals surface area contributed by atoms with Gasteiger partial charge in [-0.1, -0.05) is 61.2 Å². The van der Waals surface area contributed by atoms with E-state index < -0.39 is 129 Å². The maximum Gasteiger partial charge on any atom is 0.407 e. The molecule has 0 heterocycles. The Balaban J connectivity index is 1.43. The average Bonchev–Trinajstić information content (AvgIpc) is 3.68. The van der Waals surface area contributed by atoms with Crippen molar-refractivity contribution in [3.05, 3.63) is 72.3 Å². The summed E-state index contributed by atoms with van der Waals surface area (Å²) >= 11 is 0. The smallest absolute Gasteiger partial charge is 0.407 e. The molecule has 0 unspecified atom stereocenters. The second kappa shape index (κ2) is 28.8. The van der Waals surface area contributed by atoms with Crippen molar-refractivity contribution in [3.63, 3.8) is 0 Å². The first-order valence-electron chi connectivity index (χ1n) is 23.5. The first-order valence-corrected chi connectivity index (χ1v) is 23.5. The number of alkyl carbamates (subject to hydrolysis) is 1. The van der Waals surface area contributed by atoms with Gasteiger partial charge >= 0.3 is 18.0 Å². The molecule has 25 heteroatoms. The molecule has 75 heavy (non-hydrogen) atoms. The van der Waals surface area contributed by atoms with E-state index in [9.17, 15) is 57.5 Å². The number of rotatable bonds is 27. The Morgan fingerprint density at radius 1 is 0.507 bits per heavy atom. The molecule has 0 bridgehead atoms. The first-order chi connectivity index (χ1) is 35.2. The van der Waals surface area contributed by atoms with E-state index in [1.807, 2.05) is 48.5 Å². The second-order valence-electron chi connectivity index (χ2n) is 18.1. The standard InChI is InChI=1S/C50H68N10O15/c1-11-22-74-49(72)38(51-50(73)75-32-37-35-18-14-12-16-33(35)34-17-13-15-19-36(34)37)23-39(61)53(3)25-41(63)55(5)27-43(65)57(7)29-45(67)59(9)31-47(69)60(10)30-46(68)58(8)28-44(66)56(6)26-42(64)54(4)24-40(62)52(2)21-20-48(70)71/h11-19,37-38H,1,20-32H2,2-10H3,(H,51,73)(H,70,71)/t38-/m0/s1. The summed E-state index contributed by atoms with van der Waals surface area (Å²) in [5.41, 5.74) is 3.97. The van der Waals surface area contributed by atoms with Gasteiger partial charge in [-0.05, 0) is 22.3 Å². The second-order valence-corrected chi connectivity index (χ2v) is 18.1. The lowest BCUT2D eigenvalue weighted by molar-refractivity contribution is -0.148. The number of nitrogens with zero attached hydrogens (tertiary/aromatic N) is 9. The molecule has 25 nitrogen and oxygen atoms in total. The monoisotopic (exact) mass is 1050 g/mol. The lowest BCUT2D eigenvalue weighted by atomic mass is 9.98. The minimum absolute atomic E-state index is 0.0506. The molecule has 10 amide bonds. The number of esters is 1. The molecule has 0 fully saturated rings. The summed E-state index contributed by atoms with van der Waals surface area (Å²) in [6.07, 6.45) is -0.541. The highest BCUT2D eigenvalue weighted by Gasteiger charge is 2.32. The SMILES string of the molecule is C=CCOC(=O)[C@H](CC(=O)N(C)CC(=O)N(C)CC(=O)N(C)CC(=O)N(C)CC(=O)N(C)CC(=O)N(C)CC(=O)N(C)CC(=O)N(C)CC(=O)N(C)CCC(=O)O)NC(=O)OCC1c2ccccc2-c2ccccc21. The fraction of sp³-hybridized carbons (Fsp3) is 0.480. The number of nitrogens with one attached hydrogen (secondary N) is 1. The number of fused-ring (bicyclic) bond motifs is 3. The van der Waals surface area contributed by atoms with Gasteiger partial charge in [0.25, 0.3) is 0 Å². The van der Waals surface area contributed by atoms with E-state index in [1.165, 1.54) is 74.4 Å². The Bertz CT molecular complexity index is 2440. The van der Waals surface area contributed by atoms with Crippen molar-refractivity contribution in [2.24, 2.45) is 0 Å². The Morgan fingerprint density at radius 2 is 0.827 bits per heavy atom. The van der Waals surface area contributed by atoms with Crippen molar-refractivity contribution < 1.29 is 72.1 Å². The molecule has 1 aliphatic rings. The van der Waals surface area contributed by atoms with Gasteiger partial charge in [0.05, 0.1) is 65.2 Å². The fourth-order valence-corrected chi connectivity index (χ4v) is 7.23. The van der Waals surface area contributed by atoms with Crippen LogP contribution in [0.4, 0.5) is 4.79 Å². The predicted molar refractivity (Wildman–Crippen MR) is 269 cm³/mol. The van der Waals surface area contributed by atoms with E-state index in [4.69, 9.17) is 14.6 Å². The van der Waals surface area contributed by atoms with E-state index >= 15 is 0 Å². The van der Waals surface area contributed by atoms with Crippen LogP contribution >= 0.6 is 0 Å². The summed E-state index contributed by atoms with van der Waals surface area (Å²) in [5.74, 6) is -8.04. The molecule has 3 rings (SSSR count). The summed E-state index contributed by atoms with van der Waals surface area (Å²) in [5, 5.41) is 11.2. The van der Waals surface area contributed by atoms with Crippen LogP contribution in [0.5, 0.6) is 0 Å². The van der Waals surface area contributed by atoms with Gasteiger partial charge in [0.15, 0.2) is 0 Å². The van der Waals surface area contributed by atoms with Crippen molar-refractivity contribution >= 4 is 71.2 Å². The van der Waals surface area contributed by atoms with Crippen LogP contribution in [0, 0.1) is 0 Å². The zero-order valence-electron chi connectivity index (χ0n) is 43.9. The molecule has 0 spiro atoms. The molecule has 0 aliphatic heterocycles. The third-order valence-corrected chi connectivity index (χ3v) is 12.1. The van der Waals surface area contributed by atoms with Gasteiger partial charge in [0.1, 0.15) is 19.3 Å². The number of carboxylic acids is 1. The lowest BCUT2D eigenvalue weighted by Crippen LogP contribution is -2.49. The highest BCUT2D eigenvalue weighted by Crippen LogP contribution is 2.44. The summed E-state index contributed by atoms with van der Waals surface area (Å²) < 4.78 is 10.7. The zero-order chi connectivity index (χ0) is 56.3. The van der Waals surface area contributed by atoms with Crippen LogP contribution in [0.3, 0.4) is 0 Å². The van der Waals surface area contributed by atoms with Crippen LogP contribution in [0.2, 0.25) is 0 Å². The number of carbonyl (C=O) groups excluding carboxylic acids is 11. The first kappa shape index (κ1) is 60.9. The van der Waals surface area contributed by atoms with Crippen LogP contribution in [-0.2, 0) is 62.2 Å². The molecule has 0 aromatic heterocycles. The van der Waals surface area contributed by atoms with Gasteiger partial charge in [-0.2, -0.15) is 0 Å². The number of likely N-dealkylation sites (N-methyl/N-ethyl adjacent to an activating group) is 9. The van der Waals surface area contributed by atoms with Gasteiger partial charge in [0, 0.05) is 75.9 Å². The molecule has 0 saturated carbocycles. The molecule has 408 valence electrons. The number of aliphatic carboxylic acids is 1. The van der Waals surface area contributed by atoms with Gasteiger partial charge < -0.3 is 64.0 Å². The Morgan fingerprint density at radius 3 is 1.16 bits per heavy atom. The quantitative estimate of drug-likeness (QED) is 0.0770. The van der Waals surface area contributed by atoms with E-state index in [0.717, 1.165) is 61.5 Å². The van der Waals surface area contributed by atoms with Crippen LogP contribution in [0.15, 0.2) is 61.2 Å². The topological polar surface area (TPSA) is 285 Å². The Hall–Kier alpha value is -8.38. The Labute approximate surface area is 435 Å².